The molecule has 6 heteroatoms. The molecule has 0 radical (unpaired) electrons. The third-order valence-electron chi connectivity index (χ3n) is 4.43. The fourth-order valence-corrected chi connectivity index (χ4v) is 3.20. The Bertz CT molecular complexity index is 838. The van der Waals surface area contributed by atoms with Crippen molar-refractivity contribution >= 4 is 5.65 Å². The van der Waals surface area contributed by atoms with Gasteiger partial charge in [-0.25, -0.2) is 0 Å². The average molecular weight is 323 g/mol. The van der Waals surface area contributed by atoms with Crippen molar-refractivity contribution < 1.29 is 4.74 Å². The standard InChI is InChI=1S/C18H21N5O/c1-13-4-2-5-14(8-13)16-9-15(18-20-21-22-23(18)12-16)10-19-11-17-6-3-7-24-17/h2,4-5,8-9,12,17,19H,3,6-7,10-11H2,1H3. The molecule has 1 fully saturated rings. The van der Waals surface area contributed by atoms with E-state index in [1.165, 1.54) is 11.1 Å². The van der Waals surface area contributed by atoms with Crippen LogP contribution in [0, 0.1) is 6.92 Å². The monoisotopic (exact) mass is 323 g/mol. The van der Waals surface area contributed by atoms with Crippen LogP contribution in [0.2, 0.25) is 0 Å². The maximum Gasteiger partial charge on any atom is 0.183 e. The first kappa shape index (κ1) is 15.2. The molecule has 3 aromatic rings. The van der Waals surface area contributed by atoms with Crippen molar-refractivity contribution in [1.29, 1.82) is 0 Å². The molecule has 1 aliphatic rings. The van der Waals surface area contributed by atoms with Gasteiger partial charge in [-0.1, -0.05) is 29.8 Å². The lowest BCUT2D eigenvalue weighted by Gasteiger charge is -2.12. The minimum absolute atomic E-state index is 0.331. The fraction of sp³-hybridized carbons (Fsp3) is 0.389. The molecule has 1 N–H and O–H groups in total. The van der Waals surface area contributed by atoms with E-state index in [0.29, 0.717) is 6.10 Å². The third-order valence-corrected chi connectivity index (χ3v) is 4.43. The number of nitrogens with one attached hydrogen (secondary N) is 1. The van der Waals surface area contributed by atoms with Crippen LogP contribution in [0.15, 0.2) is 36.5 Å². The molecule has 1 unspecified atom stereocenters. The van der Waals surface area contributed by atoms with Crippen LogP contribution in [-0.2, 0) is 11.3 Å². The highest BCUT2D eigenvalue weighted by atomic mass is 16.5. The number of pyridine rings is 1. The molecule has 0 spiro atoms. The first-order valence-corrected chi connectivity index (χ1v) is 8.39. The Balaban J connectivity index is 1.60. The maximum absolute atomic E-state index is 5.66. The van der Waals surface area contributed by atoms with Crippen LogP contribution in [-0.4, -0.2) is 39.3 Å². The van der Waals surface area contributed by atoms with Gasteiger partial charge in [0.05, 0.1) is 6.10 Å². The van der Waals surface area contributed by atoms with Crippen LogP contribution in [0.1, 0.15) is 24.0 Å². The zero-order valence-corrected chi connectivity index (χ0v) is 13.8. The van der Waals surface area contributed by atoms with Gasteiger partial charge < -0.3 is 10.1 Å². The van der Waals surface area contributed by atoms with Gasteiger partial charge in [0.25, 0.3) is 0 Å². The van der Waals surface area contributed by atoms with Gasteiger partial charge in [0.15, 0.2) is 5.65 Å². The molecule has 0 saturated carbocycles. The van der Waals surface area contributed by atoms with Gasteiger partial charge in [0, 0.05) is 37.0 Å². The Morgan fingerprint density at radius 1 is 1.29 bits per heavy atom. The molecular formula is C18H21N5O. The molecular weight excluding hydrogens is 302 g/mol. The lowest BCUT2D eigenvalue weighted by Crippen LogP contribution is -2.26. The molecule has 6 nitrogen and oxygen atoms in total. The Kier molecular flexibility index (Phi) is 4.23. The smallest absolute Gasteiger partial charge is 0.183 e. The average Bonchev–Trinajstić information content (AvgIpc) is 3.26. The number of tetrazole rings is 1. The Morgan fingerprint density at radius 2 is 2.25 bits per heavy atom. The summed E-state index contributed by atoms with van der Waals surface area (Å²) in [6, 6.07) is 10.6. The number of fused-ring (bicyclic) bond motifs is 1. The maximum atomic E-state index is 5.66. The summed E-state index contributed by atoms with van der Waals surface area (Å²) in [5.41, 5.74) is 5.42. The predicted octanol–water partition coefficient (Wildman–Crippen LogP) is 2.37. The van der Waals surface area contributed by atoms with E-state index in [1.807, 2.05) is 6.20 Å². The molecule has 4 rings (SSSR count). The Labute approximate surface area is 140 Å². The molecule has 1 aliphatic heterocycles. The van der Waals surface area contributed by atoms with E-state index in [9.17, 15) is 0 Å². The minimum Gasteiger partial charge on any atom is -0.377 e. The highest BCUT2D eigenvalue weighted by Crippen LogP contribution is 2.23. The minimum atomic E-state index is 0.331. The van der Waals surface area contributed by atoms with Crippen molar-refractivity contribution in [2.75, 3.05) is 13.2 Å². The second kappa shape index (κ2) is 6.67. The highest BCUT2D eigenvalue weighted by molar-refractivity contribution is 5.67. The summed E-state index contributed by atoms with van der Waals surface area (Å²) in [4.78, 5) is 0. The highest BCUT2D eigenvalue weighted by Gasteiger charge is 2.15. The lowest BCUT2D eigenvalue weighted by atomic mass is 10.0. The molecule has 2 aromatic heterocycles. The van der Waals surface area contributed by atoms with Gasteiger partial charge in [-0.15, -0.1) is 5.10 Å². The van der Waals surface area contributed by atoms with Crippen molar-refractivity contribution in [3.05, 3.63) is 47.7 Å². The molecule has 124 valence electrons. The van der Waals surface area contributed by atoms with E-state index in [0.717, 1.165) is 49.3 Å². The van der Waals surface area contributed by atoms with Crippen molar-refractivity contribution in [2.45, 2.75) is 32.4 Å². The van der Waals surface area contributed by atoms with Crippen molar-refractivity contribution in [3.63, 3.8) is 0 Å². The van der Waals surface area contributed by atoms with Crippen LogP contribution in [0.4, 0.5) is 0 Å². The lowest BCUT2D eigenvalue weighted by molar-refractivity contribution is 0.110. The fourth-order valence-electron chi connectivity index (χ4n) is 3.20. The van der Waals surface area contributed by atoms with E-state index in [2.05, 4.69) is 58.1 Å². The van der Waals surface area contributed by atoms with E-state index >= 15 is 0 Å². The predicted molar refractivity (Wildman–Crippen MR) is 91.6 cm³/mol. The molecule has 0 bridgehead atoms. The molecule has 1 aromatic carbocycles. The molecule has 0 amide bonds. The summed E-state index contributed by atoms with van der Waals surface area (Å²) in [5.74, 6) is 0. The number of rotatable bonds is 5. The summed E-state index contributed by atoms with van der Waals surface area (Å²) in [5, 5.41) is 15.5. The molecule has 3 heterocycles. The van der Waals surface area contributed by atoms with E-state index in [1.54, 1.807) is 4.52 Å². The van der Waals surface area contributed by atoms with Crippen LogP contribution in [0.5, 0.6) is 0 Å². The molecule has 24 heavy (non-hydrogen) atoms. The topological polar surface area (TPSA) is 64.3 Å². The zero-order valence-electron chi connectivity index (χ0n) is 13.8. The van der Waals surface area contributed by atoms with Crippen molar-refractivity contribution in [1.82, 2.24) is 25.4 Å². The number of aryl methyl sites for hydroxylation is 1. The van der Waals surface area contributed by atoms with Gasteiger partial charge in [-0.3, -0.25) is 0 Å². The van der Waals surface area contributed by atoms with E-state index in [4.69, 9.17) is 4.74 Å². The summed E-state index contributed by atoms with van der Waals surface area (Å²) in [7, 11) is 0. The second-order valence-corrected chi connectivity index (χ2v) is 6.34. The third kappa shape index (κ3) is 3.16. The van der Waals surface area contributed by atoms with Gasteiger partial charge in [-0.05, 0) is 41.8 Å². The first-order chi connectivity index (χ1) is 11.8. The number of aromatic nitrogens is 4. The van der Waals surface area contributed by atoms with Gasteiger partial charge >= 0.3 is 0 Å². The second-order valence-electron chi connectivity index (χ2n) is 6.34. The number of hydrogen-bond donors (Lipinski definition) is 1. The number of ether oxygens (including phenoxy) is 1. The van der Waals surface area contributed by atoms with E-state index < -0.39 is 0 Å². The molecule has 1 atom stereocenters. The van der Waals surface area contributed by atoms with Crippen LogP contribution < -0.4 is 5.32 Å². The van der Waals surface area contributed by atoms with Crippen LogP contribution in [0.3, 0.4) is 0 Å². The van der Waals surface area contributed by atoms with Crippen molar-refractivity contribution in [2.24, 2.45) is 0 Å². The zero-order chi connectivity index (χ0) is 16.4. The summed E-state index contributed by atoms with van der Waals surface area (Å²) >= 11 is 0. The molecule has 1 saturated heterocycles. The summed E-state index contributed by atoms with van der Waals surface area (Å²) in [6.45, 7) is 4.57. The molecule has 0 aliphatic carbocycles. The Morgan fingerprint density at radius 3 is 3.08 bits per heavy atom. The van der Waals surface area contributed by atoms with Crippen LogP contribution in [0.25, 0.3) is 16.8 Å². The number of hydrogen-bond acceptors (Lipinski definition) is 5. The van der Waals surface area contributed by atoms with Crippen molar-refractivity contribution in [3.8, 4) is 11.1 Å². The summed E-state index contributed by atoms with van der Waals surface area (Å²) < 4.78 is 7.41. The number of benzene rings is 1. The van der Waals surface area contributed by atoms with Crippen LogP contribution >= 0.6 is 0 Å². The number of nitrogens with zero attached hydrogens (tertiary/aromatic N) is 4. The summed E-state index contributed by atoms with van der Waals surface area (Å²) in [6.07, 6.45) is 4.61. The van der Waals surface area contributed by atoms with Gasteiger partial charge in [-0.2, -0.15) is 4.52 Å². The first-order valence-electron chi connectivity index (χ1n) is 8.39. The Hall–Kier alpha value is -2.31. The van der Waals surface area contributed by atoms with Gasteiger partial charge in [0.1, 0.15) is 0 Å². The quantitative estimate of drug-likeness (QED) is 0.781. The van der Waals surface area contributed by atoms with Gasteiger partial charge in [0.2, 0.25) is 0 Å². The SMILES string of the molecule is Cc1cccc(-c2cc(CNCC3CCCO3)c3nnnn3c2)c1. The van der Waals surface area contributed by atoms with E-state index in [-0.39, 0.29) is 0 Å². The normalized spacial score (nSPS) is 17.6. The largest absolute Gasteiger partial charge is 0.377 e.